The molecule has 31 heavy (non-hydrogen) atoms. The van der Waals surface area contributed by atoms with Crippen molar-refractivity contribution in [3.63, 3.8) is 0 Å². The monoisotopic (exact) mass is 431 g/mol. The zero-order valence-corrected chi connectivity index (χ0v) is 18.2. The van der Waals surface area contributed by atoms with Gasteiger partial charge in [0.2, 0.25) is 0 Å². The molecule has 0 spiro atoms. The molecule has 0 aliphatic carbocycles. The van der Waals surface area contributed by atoms with Crippen LogP contribution in [-0.4, -0.2) is 26.0 Å². The summed E-state index contributed by atoms with van der Waals surface area (Å²) in [7, 11) is 3.07. The van der Waals surface area contributed by atoms with Gasteiger partial charge in [-0.25, -0.2) is 4.90 Å². The predicted molar refractivity (Wildman–Crippen MR) is 122 cm³/mol. The Morgan fingerprint density at radius 2 is 1.45 bits per heavy atom. The summed E-state index contributed by atoms with van der Waals surface area (Å²) in [5, 5.41) is 0. The van der Waals surface area contributed by atoms with Crippen molar-refractivity contribution in [1.82, 2.24) is 0 Å². The summed E-state index contributed by atoms with van der Waals surface area (Å²) >= 11 is 1.27. The highest BCUT2D eigenvalue weighted by atomic mass is 32.2. The second-order valence-electron chi connectivity index (χ2n) is 6.94. The Morgan fingerprint density at radius 3 is 2.16 bits per heavy atom. The molecule has 3 aromatic carbocycles. The van der Waals surface area contributed by atoms with Crippen LogP contribution in [0.3, 0.4) is 0 Å². The molecule has 0 saturated heterocycles. The number of hydrogen-bond acceptors (Lipinski definition) is 5. The molecule has 6 heteroatoms. The van der Waals surface area contributed by atoms with Crippen molar-refractivity contribution in [2.45, 2.75) is 11.8 Å². The van der Waals surface area contributed by atoms with Crippen LogP contribution in [0.2, 0.25) is 0 Å². The Hall–Kier alpha value is -3.51. The van der Waals surface area contributed by atoms with E-state index in [1.54, 1.807) is 31.4 Å². The first kappa shape index (κ1) is 20.8. The fourth-order valence-electron chi connectivity index (χ4n) is 3.49. The third-order valence-corrected chi connectivity index (χ3v) is 6.05. The summed E-state index contributed by atoms with van der Waals surface area (Å²) in [6, 6.07) is 22.2. The largest absolute Gasteiger partial charge is 0.496 e. The van der Waals surface area contributed by atoms with Gasteiger partial charge >= 0.3 is 0 Å². The molecule has 3 aromatic rings. The topological polar surface area (TPSA) is 55.8 Å². The normalized spacial score (nSPS) is 13.7. The average Bonchev–Trinajstić information content (AvgIpc) is 3.03. The number of rotatable bonds is 6. The van der Waals surface area contributed by atoms with Crippen LogP contribution in [0.15, 0.2) is 82.6 Å². The number of benzene rings is 3. The summed E-state index contributed by atoms with van der Waals surface area (Å²) < 4.78 is 10.9. The number of imide groups is 1. The number of nitrogens with zero attached hydrogens (tertiary/aromatic N) is 1. The molecular weight excluding hydrogens is 410 g/mol. The van der Waals surface area contributed by atoms with Gasteiger partial charge in [-0.1, -0.05) is 54.2 Å². The van der Waals surface area contributed by atoms with E-state index < -0.39 is 5.91 Å². The SMILES string of the molecule is COc1ccccc1C1=C(Sc2ccccc2)C(=O)N(c2cc(C)ccc2OC)C1=O. The molecule has 0 saturated carbocycles. The number of para-hydroxylation sites is 1. The van der Waals surface area contributed by atoms with E-state index in [0.717, 1.165) is 10.5 Å². The minimum absolute atomic E-state index is 0.319. The van der Waals surface area contributed by atoms with Crippen LogP contribution >= 0.6 is 11.8 Å². The van der Waals surface area contributed by atoms with Gasteiger partial charge in [0.1, 0.15) is 11.5 Å². The van der Waals surface area contributed by atoms with Gasteiger partial charge in [-0.05, 0) is 42.8 Å². The molecule has 4 rings (SSSR count). The van der Waals surface area contributed by atoms with Crippen molar-refractivity contribution in [2.24, 2.45) is 0 Å². The fourth-order valence-corrected chi connectivity index (χ4v) is 4.50. The standard InChI is InChI=1S/C25H21NO4S/c1-16-13-14-21(30-3)19(15-16)26-24(27)22(18-11-7-8-12-20(18)29-2)23(25(26)28)31-17-9-5-4-6-10-17/h4-15H,1-3H3. The summed E-state index contributed by atoms with van der Waals surface area (Å²) in [4.78, 5) is 29.7. The Morgan fingerprint density at radius 1 is 0.774 bits per heavy atom. The summed E-state index contributed by atoms with van der Waals surface area (Å²) in [6.07, 6.45) is 0. The van der Waals surface area contributed by atoms with Crippen LogP contribution in [0.4, 0.5) is 5.69 Å². The summed E-state index contributed by atoms with van der Waals surface area (Å²) in [6.45, 7) is 1.90. The number of hydrogen-bond donors (Lipinski definition) is 0. The third kappa shape index (κ3) is 3.82. The van der Waals surface area contributed by atoms with E-state index in [9.17, 15) is 9.59 Å². The molecule has 156 valence electrons. The molecule has 1 aliphatic heterocycles. The zero-order chi connectivity index (χ0) is 22.0. The number of thioether (sulfide) groups is 1. The number of methoxy groups -OCH3 is 2. The van der Waals surface area contributed by atoms with E-state index in [2.05, 4.69) is 0 Å². The molecule has 1 heterocycles. The van der Waals surface area contributed by atoms with Crippen molar-refractivity contribution in [1.29, 1.82) is 0 Å². The van der Waals surface area contributed by atoms with E-state index in [1.807, 2.05) is 55.5 Å². The van der Waals surface area contributed by atoms with Gasteiger partial charge in [-0.3, -0.25) is 9.59 Å². The highest BCUT2D eigenvalue weighted by Gasteiger charge is 2.42. The first-order valence-corrected chi connectivity index (χ1v) is 10.5. The number of anilines is 1. The van der Waals surface area contributed by atoms with Crippen LogP contribution in [0, 0.1) is 6.92 Å². The minimum atomic E-state index is -0.406. The average molecular weight is 432 g/mol. The highest BCUT2D eigenvalue weighted by Crippen LogP contribution is 2.45. The first-order chi connectivity index (χ1) is 15.0. The lowest BCUT2D eigenvalue weighted by Crippen LogP contribution is -2.31. The molecule has 0 fully saturated rings. The van der Waals surface area contributed by atoms with Gasteiger partial charge in [-0.2, -0.15) is 0 Å². The Labute approximate surface area is 185 Å². The lowest BCUT2D eigenvalue weighted by Gasteiger charge is -2.19. The van der Waals surface area contributed by atoms with Gasteiger partial charge in [0, 0.05) is 10.5 Å². The number of carbonyl (C=O) groups excluding carboxylic acids is 2. The van der Waals surface area contributed by atoms with Gasteiger partial charge in [0.25, 0.3) is 11.8 Å². The zero-order valence-electron chi connectivity index (χ0n) is 17.4. The van der Waals surface area contributed by atoms with E-state index in [4.69, 9.17) is 9.47 Å². The van der Waals surface area contributed by atoms with Crippen molar-refractivity contribution < 1.29 is 19.1 Å². The van der Waals surface area contributed by atoms with Crippen molar-refractivity contribution in [2.75, 3.05) is 19.1 Å². The minimum Gasteiger partial charge on any atom is -0.496 e. The molecule has 0 atom stereocenters. The number of amides is 2. The maximum atomic E-state index is 13.7. The number of aryl methyl sites for hydroxylation is 1. The van der Waals surface area contributed by atoms with E-state index in [1.165, 1.54) is 23.8 Å². The quantitative estimate of drug-likeness (QED) is 0.509. The molecule has 0 bridgehead atoms. The van der Waals surface area contributed by atoms with Gasteiger partial charge < -0.3 is 9.47 Å². The summed E-state index contributed by atoms with van der Waals surface area (Å²) in [5.41, 5.74) is 2.24. The molecule has 1 aliphatic rings. The molecular formula is C25H21NO4S. The smallest absolute Gasteiger partial charge is 0.273 e. The second kappa shape index (κ2) is 8.70. The highest BCUT2D eigenvalue weighted by molar-refractivity contribution is 8.04. The molecule has 0 radical (unpaired) electrons. The fraction of sp³-hybridized carbons (Fsp3) is 0.120. The first-order valence-electron chi connectivity index (χ1n) is 9.69. The maximum Gasteiger partial charge on any atom is 0.273 e. The maximum absolute atomic E-state index is 13.7. The third-order valence-electron chi connectivity index (χ3n) is 4.96. The van der Waals surface area contributed by atoms with Crippen LogP contribution < -0.4 is 14.4 Å². The van der Waals surface area contributed by atoms with Crippen LogP contribution in [0.1, 0.15) is 11.1 Å². The molecule has 0 aromatic heterocycles. The van der Waals surface area contributed by atoms with Crippen molar-refractivity contribution in [3.8, 4) is 11.5 Å². The van der Waals surface area contributed by atoms with Gasteiger partial charge in [0.05, 0.1) is 30.4 Å². The Kier molecular flexibility index (Phi) is 5.82. The Balaban J connectivity index is 1.90. The molecule has 2 amide bonds. The van der Waals surface area contributed by atoms with Crippen LogP contribution in [0.5, 0.6) is 11.5 Å². The van der Waals surface area contributed by atoms with Crippen molar-refractivity contribution in [3.05, 3.63) is 88.8 Å². The Bertz CT molecular complexity index is 1190. The predicted octanol–water partition coefficient (Wildman–Crippen LogP) is 5.09. The summed E-state index contributed by atoms with van der Waals surface area (Å²) in [5.74, 6) is 0.195. The van der Waals surface area contributed by atoms with Crippen LogP contribution in [-0.2, 0) is 9.59 Å². The lowest BCUT2D eigenvalue weighted by molar-refractivity contribution is -0.119. The molecule has 0 N–H and O–H groups in total. The van der Waals surface area contributed by atoms with Crippen molar-refractivity contribution >= 4 is 34.8 Å². The molecule has 0 unspecified atom stereocenters. The second-order valence-corrected chi connectivity index (χ2v) is 8.02. The van der Waals surface area contributed by atoms with E-state index in [-0.39, 0.29) is 5.91 Å². The van der Waals surface area contributed by atoms with Gasteiger partial charge in [0.15, 0.2) is 0 Å². The number of ether oxygens (including phenoxy) is 2. The lowest BCUT2D eigenvalue weighted by atomic mass is 10.0. The number of carbonyl (C=O) groups is 2. The van der Waals surface area contributed by atoms with E-state index >= 15 is 0 Å². The van der Waals surface area contributed by atoms with Gasteiger partial charge in [-0.15, -0.1) is 0 Å². The van der Waals surface area contributed by atoms with Crippen LogP contribution in [0.25, 0.3) is 5.57 Å². The van der Waals surface area contributed by atoms with E-state index in [0.29, 0.717) is 33.2 Å². The molecule has 5 nitrogen and oxygen atoms in total.